The van der Waals surface area contributed by atoms with Gasteiger partial charge in [0.15, 0.2) is 11.5 Å². The molecule has 1 N–H and O–H groups in total. The summed E-state index contributed by atoms with van der Waals surface area (Å²) < 4.78 is 11.3. The van der Waals surface area contributed by atoms with Crippen molar-refractivity contribution in [1.82, 2.24) is 10.2 Å². The molecule has 0 saturated heterocycles. The van der Waals surface area contributed by atoms with E-state index in [2.05, 4.69) is 5.32 Å². The molecular weight excluding hydrogens is 488 g/mol. The zero-order valence-electron chi connectivity index (χ0n) is 21.1. The highest BCUT2D eigenvalue weighted by molar-refractivity contribution is 6.31. The van der Waals surface area contributed by atoms with Gasteiger partial charge < -0.3 is 19.7 Å². The van der Waals surface area contributed by atoms with Gasteiger partial charge >= 0.3 is 0 Å². The molecular formula is C30H33ClN2O4. The van der Waals surface area contributed by atoms with Crippen molar-refractivity contribution in [3.05, 3.63) is 94.5 Å². The van der Waals surface area contributed by atoms with Gasteiger partial charge in [0, 0.05) is 31.0 Å². The summed E-state index contributed by atoms with van der Waals surface area (Å²) in [5.41, 5.74) is 2.77. The van der Waals surface area contributed by atoms with Gasteiger partial charge in [0.1, 0.15) is 19.3 Å². The van der Waals surface area contributed by atoms with Gasteiger partial charge in [-0.05, 0) is 47.7 Å². The molecule has 7 heteroatoms. The van der Waals surface area contributed by atoms with Crippen LogP contribution in [0.5, 0.6) is 11.5 Å². The summed E-state index contributed by atoms with van der Waals surface area (Å²) in [6, 6.07) is 22.3. The molecule has 2 amide bonds. The van der Waals surface area contributed by atoms with Crippen LogP contribution < -0.4 is 14.8 Å². The van der Waals surface area contributed by atoms with Crippen molar-refractivity contribution in [2.45, 2.75) is 45.2 Å². The minimum atomic E-state index is -0.669. The standard InChI is InChI=1S/C30H33ClN2O4/c1-2-16-32-30(35)26(19-22-8-4-3-5-9-22)33(21-24-10-6-7-11-25(24)31)29(34)15-13-23-12-14-27-28(20-23)37-18-17-36-27/h3-12,14,20,26H,2,13,15-19,21H2,1H3,(H,32,35). The molecule has 1 aliphatic rings. The van der Waals surface area contributed by atoms with E-state index in [1.165, 1.54) is 0 Å². The number of carbonyl (C=O) groups is 2. The summed E-state index contributed by atoms with van der Waals surface area (Å²) in [7, 11) is 0. The highest BCUT2D eigenvalue weighted by atomic mass is 35.5. The number of hydrogen-bond donors (Lipinski definition) is 1. The lowest BCUT2D eigenvalue weighted by atomic mass is 10.0. The van der Waals surface area contributed by atoms with Crippen LogP contribution in [0.4, 0.5) is 0 Å². The van der Waals surface area contributed by atoms with Crippen molar-refractivity contribution >= 4 is 23.4 Å². The monoisotopic (exact) mass is 520 g/mol. The van der Waals surface area contributed by atoms with Gasteiger partial charge in [-0.1, -0.05) is 73.1 Å². The van der Waals surface area contributed by atoms with E-state index in [1.54, 1.807) is 11.0 Å². The molecule has 3 aromatic rings. The fourth-order valence-electron chi connectivity index (χ4n) is 4.37. The van der Waals surface area contributed by atoms with E-state index in [0.717, 1.165) is 28.9 Å². The molecule has 0 bridgehead atoms. The zero-order chi connectivity index (χ0) is 26.0. The Bertz CT molecular complexity index is 1200. The number of benzene rings is 3. The first-order valence-corrected chi connectivity index (χ1v) is 13.2. The summed E-state index contributed by atoms with van der Waals surface area (Å²) in [6.07, 6.45) is 1.99. The molecule has 3 aromatic carbocycles. The molecule has 1 heterocycles. The maximum atomic E-state index is 13.8. The lowest BCUT2D eigenvalue weighted by Gasteiger charge is -2.32. The maximum Gasteiger partial charge on any atom is 0.243 e. The normalized spacial score (nSPS) is 13.0. The zero-order valence-corrected chi connectivity index (χ0v) is 21.9. The van der Waals surface area contributed by atoms with Crippen LogP contribution in [-0.2, 0) is 29.0 Å². The Labute approximate surface area is 223 Å². The molecule has 0 aromatic heterocycles. The summed E-state index contributed by atoms with van der Waals surface area (Å²) in [5.74, 6) is 1.15. The number of halogens is 1. The van der Waals surface area contributed by atoms with Crippen LogP contribution in [0.1, 0.15) is 36.5 Å². The van der Waals surface area contributed by atoms with E-state index < -0.39 is 6.04 Å². The second-order valence-electron chi connectivity index (χ2n) is 9.09. The van der Waals surface area contributed by atoms with Gasteiger partial charge in [-0.3, -0.25) is 9.59 Å². The number of nitrogens with one attached hydrogen (secondary N) is 1. The third-order valence-corrected chi connectivity index (χ3v) is 6.72. The number of carbonyl (C=O) groups excluding carboxylic acids is 2. The minimum absolute atomic E-state index is 0.109. The first-order valence-electron chi connectivity index (χ1n) is 12.8. The molecule has 1 aliphatic heterocycles. The number of nitrogens with zero attached hydrogens (tertiary/aromatic N) is 1. The molecule has 0 aliphatic carbocycles. The first kappa shape index (κ1) is 26.6. The first-order chi connectivity index (χ1) is 18.0. The topological polar surface area (TPSA) is 67.9 Å². The van der Waals surface area contributed by atoms with Crippen LogP contribution in [0.25, 0.3) is 0 Å². The summed E-state index contributed by atoms with van der Waals surface area (Å²) >= 11 is 6.48. The molecule has 194 valence electrons. The fraction of sp³-hybridized carbons (Fsp3) is 0.333. The molecule has 1 unspecified atom stereocenters. The van der Waals surface area contributed by atoms with Crippen LogP contribution in [0, 0.1) is 0 Å². The summed E-state index contributed by atoms with van der Waals surface area (Å²) in [6.45, 7) is 3.85. The number of fused-ring (bicyclic) bond motifs is 1. The molecule has 6 nitrogen and oxygen atoms in total. The second kappa shape index (κ2) is 13.2. The van der Waals surface area contributed by atoms with Crippen molar-refractivity contribution < 1.29 is 19.1 Å². The highest BCUT2D eigenvalue weighted by Crippen LogP contribution is 2.31. The van der Waals surface area contributed by atoms with E-state index in [-0.39, 0.29) is 24.8 Å². The molecule has 1 atom stereocenters. The Morgan fingerprint density at radius 2 is 1.68 bits per heavy atom. The number of ether oxygens (including phenoxy) is 2. The lowest BCUT2D eigenvalue weighted by Crippen LogP contribution is -2.50. The van der Waals surface area contributed by atoms with Crippen LogP contribution >= 0.6 is 11.6 Å². The molecule has 4 rings (SSSR count). The Morgan fingerprint density at radius 1 is 0.946 bits per heavy atom. The number of aryl methyl sites for hydroxylation is 1. The molecule has 0 spiro atoms. The predicted octanol–water partition coefficient (Wildman–Crippen LogP) is 5.21. The van der Waals surface area contributed by atoms with Gasteiger partial charge in [0.25, 0.3) is 0 Å². The average Bonchev–Trinajstić information content (AvgIpc) is 2.93. The predicted molar refractivity (Wildman–Crippen MR) is 145 cm³/mol. The molecule has 0 radical (unpaired) electrons. The van der Waals surface area contributed by atoms with E-state index in [1.807, 2.05) is 73.7 Å². The number of rotatable bonds is 11. The SMILES string of the molecule is CCCNC(=O)C(Cc1ccccc1)N(Cc1ccccc1Cl)C(=O)CCc1ccc2c(c1)OCCO2. The average molecular weight is 521 g/mol. The van der Waals surface area contributed by atoms with E-state index >= 15 is 0 Å². The van der Waals surface area contributed by atoms with Crippen molar-refractivity contribution in [2.24, 2.45) is 0 Å². The second-order valence-corrected chi connectivity index (χ2v) is 9.49. The summed E-state index contributed by atoms with van der Waals surface area (Å²) in [4.78, 5) is 28.8. The van der Waals surface area contributed by atoms with Crippen molar-refractivity contribution in [1.29, 1.82) is 0 Å². The maximum absolute atomic E-state index is 13.8. The highest BCUT2D eigenvalue weighted by Gasteiger charge is 2.30. The van der Waals surface area contributed by atoms with Crippen molar-refractivity contribution in [2.75, 3.05) is 19.8 Å². The van der Waals surface area contributed by atoms with E-state index in [4.69, 9.17) is 21.1 Å². The lowest BCUT2D eigenvalue weighted by molar-refractivity contribution is -0.141. The minimum Gasteiger partial charge on any atom is -0.486 e. The quantitative estimate of drug-likeness (QED) is 0.377. The van der Waals surface area contributed by atoms with Crippen molar-refractivity contribution in [3.8, 4) is 11.5 Å². The Hall–Kier alpha value is -3.51. The number of hydrogen-bond acceptors (Lipinski definition) is 4. The summed E-state index contributed by atoms with van der Waals surface area (Å²) in [5, 5.41) is 3.57. The molecule has 0 fully saturated rings. The van der Waals surface area contributed by atoms with Crippen LogP contribution in [0.3, 0.4) is 0 Å². The van der Waals surface area contributed by atoms with Crippen molar-refractivity contribution in [3.63, 3.8) is 0 Å². The fourth-order valence-corrected chi connectivity index (χ4v) is 4.56. The third-order valence-electron chi connectivity index (χ3n) is 6.35. The molecule has 0 saturated carbocycles. The van der Waals surface area contributed by atoms with Crippen LogP contribution in [-0.4, -0.2) is 42.5 Å². The Kier molecular flexibility index (Phi) is 9.44. The van der Waals surface area contributed by atoms with Crippen LogP contribution in [0.2, 0.25) is 5.02 Å². The molecule has 37 heavy (non-hydrogen) atoms. The smallest absolute Gasteiger partial charge is 0.243 e. The Morgan fingerprint density at radius 3 is 2.43 bits per heavy atom. The van der Waals surface area contributed by atoms with Crippen LogP contribution in [0.15, 0.2) is 72.8 Å². The van der Waals surface area contributed by atoms with E-state index in [9.17, 15) is 9.59 Å². The number of amides is 2. The largest absolute Gasteiger partial charge is 0.486 e. The third kappa shape index (κ3) is 7.26. The van der Waals surface area contributed by atoms with Gasteiger partial charge in [-0.15, -0.1) is 0 Å². The van der Waals surface area contributed by atoms with Gasteiger partial charge in [-0.2, -0.15) is 0 Å². The Balaban J connectivity index is 1.59. The van der Waals surface area contributed by atoms with Gasteiger partial charge in [-0.25, -0.2) is 0 Å². The van der Waals surface area contributed by atoms with Gasteiger partial charge in [0.2, 0.25) is 11.8 Å². The van der Waals surface area contributed by atoms with E-state index in [0.29, 0.717) is 43.4 Å². The van der Waals surface area contributed by atoms with Gasteiger partial charge in [0.05, 0.1) is 0 Å².